The Bertz CT molecular complexity index is 140. The molecule has 0 aliphatic carbocycles. The van der Waals surface area contributed by atoms with Crippen LogP contribution in [-0.2, 0) is 4.79 Å². The van der Waals surface area contributed by atoms with Crippen molar-refractivity contribution in [1.29, 1.82) is 0 Å². The van der Waals surface area contributed by atoms with Gasteiger partial charge in [0.15, 0.2) is 8.38 Å². The van der Waals surface area contributed by atoms with Gasteiger partial charge in [-0.3, -0.25) is 4.79 Å². The van der Waals surface area contributed by atoms with Crippen molar-refractivity contribution in [3.63, 3.8) is 0 Å². The quantitative estimate of drug-likeness (QED) is 0.423. The lowest BCUT2D eigenvalue weighted by Crippen LogP contribution is -2.42. The topological polar surface area (TPSA) is 95.6 Å². The van der Waals surface area contributed by atoms with E-state index in [-0.39, 0.29) is 5.91 Å². The molecule has 1 amide bonds. The minimum atomic E-state index is -2.11. The molecule has 0 aromatic rings. The van der Waals surface area contributed by atoms with Crippen LogP contribution in [0.1, 0.15) is 13.8 Å². The van der Waals surface area contributed by atoms with Crippen LogP contribution in [0.25, 0.3) is 0 Å². The Morgan fingerprint density at radius 2 is 2.00 bits per heavy atom. The molecule has 0 bridgehead atoms. The Kier molecular flexibility index (Phi) is 4.52. The fourth-order valence-corrected chi connectivity index (χ4v) is 0.638. The highest BCUT2D eigenvalue weighted by molar-refractivity contribution is 7.45. The fraction of sp³-hybridized carbons (Fsp3) is 0.800. The summed E-state index contributed by atoms with van der Waals surface area (Å²) in [4.78, 5) is 28.0. The maximum absolute atomic E-state index is 10.8. The van der Waals surface area contributed by atoms with Gasteiger partial charge >= 0.3 is 0 Å². The van der Waals surface area contributed by atoms with Crippen LogP contribution in [-0.4, -0.2) is 27.5 Å². The third-order valence-corrected chi connectivity index (χ3v) is 1.93. The molecule has 0 aromatic carbocycles. The Morgan fingerprint density at radius 3 is 2.27 bits per heavy atom. The first-order valence-corrected chi connectivity index (χ1v) is 4.49. The number of hydrogen-bond acceptors (Lipinski definition) is 4. The van der Waals surface area contributed by atoms with Crippen molar-refractivity contribution in [2.75, 3.05) is 0 Å². The molecule has 0 aliphatic heterocycles. The van der Waals surface area contributed by atoms with Crippen molar-refractivity contribution in [2.24, 2.45) is 5.73 Å². The highest BCUT2D eigenvalue weighted by Crippen LogP contribution is 2.27. The Labute approximate surface area is 66.5 Å². The van der Waals surface area contributed by atoms with E-state index in [4.69, 9.17) is 15.5 Å². The standard InChI is InChI=1S/C5H13N2O3P/c1-3(6)5(8)7-4(2)11(9)10/h3-4,9-10H,6H2,1-2H3,(H,7,8)/t3-,4+/m0/s1. The van der Waals surface area contributed by atoms with Gasteiger partial charge in [-0.2, -0.15) is 0 Å². The molecule has 0 saturated heterocycles. The van der Waals surface area contributed by atoms with Crippen molar-refractivity contribution in [3.05, 3.63) is 0 Å². The van der Waals surface area contributed by atoms with Crippen molar-refractivity contribution in [2.45, 2.75) is 25.7 Å². The first kappa shape index (κ1) is 10.8. The second-order valence-electron chi connectivity index (χ2n) is 2.29. The lowest BCUT2D eigenvalue weighted by molar-refractivity contribution is -0.122. The summed E-state index contributed by atoms with van der Waals surface area (Å²) in [6.45, 7) is 3.03. The number of rotatable bonds is 3. The summed E-state index contributed by atoms with van der Waals surface area (Å²) >= 11 is 0. The molecular weight excluding hydrogens is 167 g/mol. The molecule has 5 nitrogen and oxygen atoms in total. The molecular formula is C5H13N2O3P. The van der Waals surface area contributed by atoms with Gasteiger partial charge in [-0.05, 0) is 13.8 Å². The van der Waals surface area contributed by atoms with Crippen molar-refractivity contribution in [1.82, 2.24) is 5.32 Å². The number of carbonyl (C=O) groups excluding carboxylic acids is 1. The molecule has 66 valence electrons. The zero-order valence-corrected chi connectivity index (χ0v) is 7.38. The van der Waals surface area contributed by atoms with Crippen LogP contribution in [0.15, 0.2) is 0 Å². The van der Waals surface area contributed by atoms with E-state index in [1.165, 1.54) is 13.8 Å². The normalized spacial score (nSPS) is 16.2. The maximum atomic E-state index is 10.8. The third kappa shape index (κ3) is 4.27. The molecule has 0 unspecified atom stereocenters. The molecule has 0 aromatic heterocycles. The van der Waals surface area contributed by atoms with Gasteiger partial charge in [-0.25, -0.2) is 0 Å². The van der Waals surface area contributed by atoms with Gasteiger partial charge in [0.25, 0.3) is 0 Å². The van der Waals surface area contributed by atoms with Crippen LogP contribution in [0.2, 0.25) is 0 Å². The fourth-order valence-electron chi connectivity index (χ4n) is 0.395. The number of hydrogen-bond donors (Lipinski definition) is 4. The molecule has 0 radical (unpaired) electrons. The number of nitrogens with one attached hydrogen (secondary N) is 1. The largest absolute Gasteiger partial charge is 0.349 e. The first-order valence-electron chi connectivity index (χ1n) is 3.18. The van der Waals surface area contributed by atoms with Gasteiger partial charge in [0.2, 0.25) is 5.91 Å². The minimum Gasteiger partial charge on any atom is -0.349 e. The van der Waals surface area contributed by atoms with E-state index in [0.29, 0.717) is 0 Å². The zero-order chi connectivity index (χ0) is 9.02. The van der Waals surface area contributed by atoms with E-state index >= 15 is 0 Å². The summed E-state index contributed by atoms with van der Waals surface area (Å²) < 4.78 is 0. The van der Waals surface area contributed by atoms with Crippen LogP contribution >= 0.6 is 8.38 Å². The molecule has 0 heterocycles. The van der Waals surface area contributed by atoms with E-state index < -0.39 is 20.2 Å². The molecule has 5 N–H and O–H groups in total. The number of nitrogens with two attached hydrogens (primary N) is 1. The summed E-state index contributed by atoms with van der Waals surface area (Å²) in [5.41, 5.74) is 5.22. The summed E-state index contributed by atoms with van der Waals surface area (Å²) in [5.74, 6) is -1.00. The van der Waals surface area contributed by atoms with Crippen LogP contribution in [0.5, 0.6) is 0 Å². The van der Waals surface area contributed by atoms with E-state index in [1.54, 1.807) is 0 Å². The molecule has 11 heavy (non-hydrogen) atoms. The van der Waals surface area contributed by atoms with Crippen molar-refractivity contribution in [3.8, 4) is 0 Å². The molecule has 0 rings (SSSR count). The van der Waals surface area contributed by atoms with Gasteiger partial charge in [0, 0.05) is 0 Å². The van der Waals surface area contributed by atoms with Gasteiger partial charge in [0.05, 0.1) is 11.8 Å². The summed E-state index contributed by atoms with van der Waals surface area (Å²) in [7, 11) is -2.11. The van der Waals surface area contributed by atoms with Gasteiger partial charge in [0.1, 0.15) is 0 Å². The molecule has 2 atom stereocenters. The van der Waals surface area contributed by atoms with E-state index in [1.807, 2.05) is 0 Å². The monoisotopic (exact) mass is 180 g/mol. The highest BCUT2D eigenvalue weighted by Gasteiger charge is 2.16. The molecule has 0 spiro atoms. The van der Waals surface area contributed by atoms with Gasteiger partial charge in [-0.1, -0.05) is 0 Å². The lowest BCUT2D eigenvalue weighted by atomic mass is 10.3. The summed E-state index contributed by atoms with van der Waals surface area (Å²) in [6.07, 6.45) is 0. The first-order chi connectivity index (χ1) is 4.95. The lowest BCUT2D eigenvalue weighted by Gasteiger charge is -2.15. The van der Waals surface area contributed by atoms with Gasteiger partial charge in [-0.15, -0.1) is 0 Å². The average molecular weight is 180 g/mol. The number of amides is 1. The summed E-state index contributed by atoms with van der Waals surface area (Å²) in [5, 5.41) is 2.34. The zero-order valence-electron chi connectivity index (χ0n) is 6.48. The average Bonchev–Trinajstić information content (AvgIpc) is 1.87. The SMILES string of the molecule is C[C@H](N)C(=O)N[C@@H](C)P(O)O. The predicted octanol–water partition coefficient (Wildman–Crippen LogP) is -0.908. The minimum absolute atomic E-state index is 0.381. The van der Waals surface area contributed by atoms with E-state index in [0.717, 1.165) is 0 Å². The van der Waals surface area contributed by atoms with Crippen molar-refractivity contribution < 1.29 is 14.6 Å². The van der Waals surface area contributed by atoms with Crippen LogP contribution in [0, 0.1) is 0 Å². The van der Waals surface area contributed by atoms with Crippen LogP contribution in [0.4, 0.5) is 0 Å². The van der Waals surface area contributed by atoms with Crippen LogP contribution < -0.4 is 11.1 Å². The Morgan fingerprint density at radius 1 is 1.55 bits per heavy atom. The number of carbonyl (C=O) groups is 1. The van der Waals surface area contributed by atoms with Crippen molar-refractivity contribution >= 4 is 14.3 Å². The molecule has 0 fully saturated rings. The van der Waals surface area contributed by atoms with Gasteiger partial charge < -0.3 is 20.8 Å². The van der Waals surface area contributed by atoms with E-state index in [2.05, 4.69) is 5.32 Å². The highest BCUT2D eigenvalue weighted by atomic mass is 31.2. The summed E-state index contributed by atoms with van der Waals surface area (Å²) in [6, 6.07) is -0.618. The second kappa shape index (κ2) is 4.62. The molecule has 0 saturated carbocycles. The van der Waals surface area contributed by atoms with E-state index in [9.17, 15) is 4.79 Å². The Balaban J connectivity index is 3.76. The molecule has 6 heteroatoms. The second-order valence-corrected chi connectivity index (χ2v) is 3.71. The third-order valence-electron chi connectivity index (χ3n) is 1.11. The molecule has 0 aliphatic rings. The van der Waals surface area contributed by atoms with Crippen LogP contribution in [0.3, 0.4) is 0 Å². The smallest absolute Gasteiger partial charge is 0.237 e. The maximum Gasteiger partial charge on any atom is 0.237 e. The predicted molar refractivity (Wildman–Crippen MR) is 42.6 cm³/mol. The Hall–Kier alpha value is -0.220.